The van der Waals surface area contributed by atoms with E-state index in [1.165, 1.54) is 16.7 Å². The van der Waals surface area contributed by atoms with E-state index < -0.39 is 0 Å². The van der Waals surface area contributed by atoms with E-state index in [9.17, 15) is 4.79 Å². The highest BCUT2D eigenvalue weighted by Crippen LogP contribution is 2.25. The first-order chi connectivity index (χ1) is 16.2. The molecule has 2 aromatic carbocycles. The highest BCUT2D eigenvalue weighted by atomic mass is 127. The van der Waals surface area contributed by atoms with E-state index in [1.54, 1.807) is 0 Å². The maximum Gasteiger partial charge on any atom is 0.222 e. The van der Waals surface area contributed by atoms with Crippen LogP contribution in [0.5, 0.6) is 0 Å². The van der Waals surface area contributed by atoms with E-state index >= 15 is 0 Å². The van der Waals surface area contributed by atoms with Crippen LogP contribution in [0.15, 0.2) is 59.6 Å². The van der Waals surface area contributed by atoms with Gasteiger partial charge in [-0.05, 0) is 29.5 Å². The topological polar surface area (TPSA) is 51.2 Å². The molecule has 184 valence electrons. The van der Waals surface area contributed by atoms with Gasteiger partial charge >= 0.3 is 0 Å². The summed E-state index contributed by atoms with van der Waals surface area (Å²) in [4.78, 5) is 23.3. The van der Waals surface area contributed by atoms with Crippen LogP contribution >= 0.6 is 24.0 Å². The van der Waals surface area contributed by atoms with Gasteiger partial charge in [0.25, 0.3) is 0 Å². The third-order valence-corrected chi connectivity index (χ3v) is 6.86. The summed E-state index contributed by atoms with van der Waals surface area (Å²) in [5, 5.41) is 3.54. The summed E-state index contributed by atoms with van der Waals surface area (Å²) in [5.74, 6) is 1.24. The Bertz CT molecular complexity index is 926. The van der Waals surface area contributed by atoms with Crippen LogP contribution in [0.3, 0.4) is 0 Å². The van der Waals surface area contributed by atoms with Crippen molar-refractivity contribution in [1.82, 2.24) is 20.0 Å². The zero-order chi connectivity index (χ0) is 23.0. The van der Waals surface area contributed by atoms with E-state index in [1.807, 2.05) is 11.9 Å². The molecule has 0 spiro atoms. The van der Waals surface area contributed by atoms with E-state index in [-0.39, 0.29) is 29.9 Å². The number of hydrogen-bond acceptors (Lipinski definition) is 3. The predicted molar refractivity (Wildman–Crippen MR) is 149 cm³/mol. The molecule has 4 rings (SSSR count). The third kappa shape index (κ3) is 6.72. The van der Waals surface area contributed by atoms with Crippen LogP contribution in [0.25, 0.3) is 0 Å². The molecule has 0 saturated carbocycles. The number of aliphatic imine (C=N–C) groups is 1. The lowest BCUT2D eigenvalue weighted by atomic mass is 10.0. The lowest BCUT2D eigenvalue weighted by Crippen LogP contribution is -2.52. The van der Waals surface area contributed by atoms with Crippen LogP contribution in [-0.4, -0.2) is 66.3 Å². The third-order valence-electron chi connectivity index (χ3n) is 6.86. The van der Waals surface area contributed by atoms with Crippen LogP contribution in [-0.2, 0) is 17.9 Å². The first-order valence-electron chi connectivity index (χ1n) is 12.3. The number of rotatable bonds is 7. The summed E-state index contributed by atoms with van der Waals surface area (Å²) >= 11 is 0. The van der Waals surface area contributed by atoms with Crippen LogP contribution in [0.1, 0.15) is 48.9 Å². The standard InChI is InChI=1S/C27H37N5O.HI/c1-3-25(24-8-5-4-6-9-24)30-16-18-31(19-17-30)27(28-2)29-20-22-11-13-23(14-12-22)21-32-15-7-10-26(32)33;/h4-6,8-9,11-14,25H,3,7,10,15-21H2,1-2H3,(H,28,29);1H. The number of nitrogens with zero attached hydrogens (tertiary/aromatic N) is 4. The number of hydrogen-bond donors (Lipinski definition) is 1. The Morgan fingerprint density at radius 1 is 0.971 bits per heavy atom. The normalized spacial score (nSPS) is 18.1. The van der Waals surface area contributed by atoms with Gasteiger partial charge in [-0.1, -0.05) is 61.5 Å². The first-order valence-corrected chi connectivity index (χ1v) is 12.3. The molecular formula is C27H38IN5O. The average molecular weight is 576 g/mol. The van der Waals surface area contributed by atoms with Crippen molar-refractivity contribution in [2.24, 2.45) is 4.99 Å². The van der Waals surface area contributed by atoms with Gasteiger partial charge in [-0.3, -0.25) is 14.7 Å². The molecule has 7 heteroatoms. The monoisotopic (exact) mass is 575 g/mol. The molecule has 1 amide bonds. The fourth-order valence-electron chi connectivity index (χ4n) is 4.99. The minimum atomic E-state index is 0. The average Bonchev–Trinajstić information content (AvgIpc) is 3.26. The number of nitrogens with one attached hydrogen (secondary N) is 1. The van der Waals surface area contributed by atoms with Crippen LogP contribution in [0.2, 0.25) is 0 Å². The molecule has 1 N–H and O–H groups in total. The lowest BCUT2D eigenvalue weighted by molar-refractivity contribution is -0.128. The van der Waals surface area contributed by atoms with Crippen LogP contribution < -0.4 is 5.32 Å². The zero-order valence-electron chi connectivity index (χ0n) is 20.4. The molecule has 1 atom stereocenters. The van der Waals surface area contributed by atoms with Gasteiger partial charge in [0, 0.05) is 65.3 Å². The largest absolute Gasteiger partial charge is 0.352 e. The Labute approximate surface area is 221 Å². The molecule has 0 aliphatic carbocycles. The number of carbonyl (C=O) groups is 1. The minimum Gasteiger partial charge on any atom is -0.352 e. The van der Waals surface area contributed by atoms with E-state index in [2.05, 4.69) is 81.6 Å². The maximum absolute atomic E-state index is 11.8. The summed E-state index contributed by atoms with van der Waals surface area (Å²) in [6.45, 7) is 8.67. The van der Waals surface area contributed by atoms with Gasteiger partial charge in [-0.2, -0.15) is 0 Å². The van der Waals surface area contributed by atoms with Crippen molar-refractivity contribution in [3.63, 3.8) is 0 Å². The van der Waals surface area contributed by atoms with Gasteiger partial charge in [0.2, 0.25) is 5.91 Å². The SMILES string of the molecule is CCC(c1ccccc1)N1CCN(C(=NC)NCc2ccc(CN3CCCC3=O)cc2)CC1.I. The van der Waals surface area contributed by atoms with Gasteiger partial charge in [0.05, 0.1) is 0 Å². The Morgan fingerprint density at radius 3 is 2.24 bits per heavy atom. The summed E-state index contributed by atoms with van der Waals surface area (Å²) in [6.07, 6.45) is 2.80. The number of likely N-dealkylation sites (tertiary alicyclic amines) is 1. The van der Waals surface area contributed by atoms with E-state index in [4.69, 9.17) is 0 Å². The van der Waals surface area contributed by atoms with Gasteiger partial charge in [0.1, 0.15) is 0 Å². The van der Waals surface area contributed by atoms with Crippen LogP contribution in [0.4, 0.5) is 0 Å². The molecular weight excluding hydrogens is 537 g/mol. The number of guanidine groups is 1. The molecule has 2 aromatic rings. The first kappa shape index (κ1) is 26.5. The number of carbonyl (C=O) groups excluding carboxylic acids is 1. The van der Waals surface area contributed by atoms with E-state index in [0.29, 0.717) is 12.5 Å². The fourth-order valence-corrected chi connectivity index (χ4v) is 4.99. The lowest BCUT2D eigenvalue weighted by Gasteiger charge is -2.40. The number of piperazine rings is 1. The second-order valence-corrected chi connectivity index (χ2v) is 8.99. The fraction of sp³-hybridized carbons (Fsp3) is 0.481. The number of benzene rings is 2. The molecule has 34 heavy (non-hydrogen) atoms. The predicted octanol–water partition coefficient (Wildman–Crippen LogP) is 4.27. The second-order valence-electron chi connectivity index (χ2n) is 8.99. The second kappa shape index (κ2) is 13.1. The Kier molecular flexibility index (Phi) is 10.2. The Hall–Kier alpha value is -2.13. The van der Waals surface area contributed by atoms with Gasteiger partial charge in [-0.25, -0.2) is 0 Å². The van der Waals surface area contributed by atoms with Crippen molar-refractivity contribution >= 4 is 35.8 Å². The summed E-state index contributed by atoms with van der Waals surface area (Å²) in [6, 6.07) is 19.9. The number of halogens is 1. The maximum atomic E-state index is 11.8. The molecule has 2 saturated heterocycles. The van der Waals surface area contributed by atoms with E-state index in [0.717, 1.165) is 64.6 Å². The zero-order valence-corrected chi connectivity index (χ0v) is 22.8. The molecule has 1 unspecified atom stereocenters. The smallest absolute Gasteiger partial charge is 0.222 e. The molecule has 2 aliphatic rings. The van der Waals surface area contributed by atoms with Crippen molar-refractivity contribution in [1.29, 1.82) is 0 Å². The van der Waals surface area contributed by atoms with Crippen molar-refractivity contribution in [3.05, 3.63) is 71.3 Å². The van der Waals surface area contributed by atoms with Gasteiger partial charge < -0.3 is 15.1 Å². The molecule has 2 aliphatic heterocycles. The minimum absolute atomic E-state index is 0. The molecule has 0 radical (unpaired) electrons. The number of amides is 1. The molecule has 0 bridgehead atoms. The quantitative estimate of drug-likeness (QED) is 0.305. The highest BCUT2D eigenvalue weighted by Gasteiger charge is 2.25. The summed E-state index contributed by atoms with van der Waals surface area (Å²) in [5.41, 5.74) is 3.83. The van der Waals surface area contributed by atoms with Crippen molar-refractivity contribution in [2.45, 2.75) is 45.3 Å². The molecule has 0 aromatic heterocycles. The van der Waals surface area contributed by atoms with Gasteiger partial charge in [0.15, 0.2) is 5.96 Å². The van der Waals surface area contributed by atoms with Gasteiger partial charge in [-0.15, -0.1) is 24.0 Å². The van der Waals surface area contributed by atoms with Crippen LogP contribution in [0, 0.1) is 0 Å². The summed E-state index contributed by atoms with van der Waals surface area (Å²) in [7, 11) is 1.86. The van der Waals surface area contributed by atoms with Crippen molar-refractivity contribution in [2.75, 3.05) is 39.8 Å². The Balaban J connectivity index is 0.00000324. The molecule has 2 fully saturated rings. The van der Waals surface area contributed by atoms with Crippen molar-refractivity contribution in [3.8, 4) is 0 Å². The molecule has 2 heterocycles. The highest BCUT2D eigenvalue weighted by molar-refractivity contribution is 14.0. The Morgan fingerprint density at radius 2 is 1.65 bits per heavy atom. The van der Waals surface area contributed by atoms with Crippen molar-refractivity contribution < 1.29 is 4.79 Å². The molecule has 6 nitrogen and oxygen atoms in total. The summed E-state index contributed by atoms with van der Waals surface area (Å²) < 4.78 is 0.